The van der Waals surface area contributed by atoms with Crippen LogP contribution in [0.1, 0.15) is 19.8 Å². The van der Waals surface area contributed by atoms with Gasteiger partial charge in [-0.15, -0.1) is 23.2 Å². The molecular formula is C7H12Cl2O. The predicted molar refractivity (Wildman–Crippen MR) is 43.6 cm³/mol. The van der Waals surface area contributed by atoms with Crippen LogP contribution < -0.4 is 0 Å². The van der Waals surface area contributed by atoms with Gasteiger partial charge in [-0.05, 0) is 12.8 Å². The number of ether oxygens (including phenoxy) is 1. The van der Waals surface area contributed by atoms with Crippen molar-refractivity contribution >= 4 is 23.2 Å². The second-order valence-electron chi connectivity index (χ2n) is 2.60. The topological polar surface area (TPSA) is 9.23 Å². The van der Waals surface area contributed by atoms with Crippen molar-refractivity contribution in [3.05, 3.63) is 0 Å². The molecule has 1 aliphatic heterocycles. The molecule has 0 bridgehead atoms. The molecule has 60 valence electrons. The summed E-state index contributed by atoms with van der Waals surface area (Å²) in [5.41, 5.74) is 0. The number of alkyl halides is 2. The Bertz CT molecular complexity index is 106. The van der Waals surface area contributed by atoms with Gasteiger partial charge in [-0.1, -0.05) is 6.92 Å². The van der Waals surface area contributed by atoms with E-state index in [1.165, 1.54) is 0 Å². The van der Waals surface area contributed by atoms with Crippen LogP contribution >= 0.6 is 23.2 Å². The van der Waals surface area contributed by atoms with Crippen molar-refractivity contribution in [2.24, 2.45) is 5.92 Å². The average Bonchev–Trinajstić information content (AvgIpc) is 2.33. The Labute approximate surface area is 71.6 Å². The lowest BCUT2D eigenvalue weighted by molar-refractivity contribution is 0.0901. The highest BCUT2D eigenvalue weighted by Gasteiger charge is 2.31. The summed E-state index contributed by atoms with van der Waals surface area (Å²) in [5.74, 6) is 0.355. The maximum absolute atomic E-state index is 5.74. The molecule has 0 N–H and O–H groups in total. The molecule has 0 aliphatic carbocycles. The van der Waals surface area contributed by atoms with Crippen molar-refractivity contribution in [3.8, 4) is 0 Å². The van der Waals surface area contributed by atoms with E-state index in [9.17, 15) is 0 Å². The molecule has 0 amide bonds. The first-order chi connectivity index (χ1) is 4.75. The van der Waals surface area contributed by atoms with Crippen LogP contribution in [0.2, 0.25) is 0 Å². The summed E-state index contributed by atoms with van der Waals surface area (Å²) < 4.78 is 5.41. The first-order valence-electron chi connectivity index (χ1n) is 3.65. The molecular weight excluding hydrogens is 171 g/mol. The lowest BCUT2D eigenvalue weighted by Gasteiger charge is -2.16. The van der Waals surface area contributed by atoms with Crippen LogP contribution in [0.4, 0.5) is 0 Å². The Morgan fingerprint density at radius 1 is 1.60 bits per heavy atom. The Kier molecular flexibility index (Phi) is 3.28. The summed E-state index contributed by atoms with van der Waals surface area (Å²) >= 11 is 11.5. The Hall–Kier alpha value is 0.540. The van der Waals surface area contributed by atoms with E-state index in [2.05, 4.69) is 6.92 Å². The van der Waals surface area contributed by atoms with E-state index in [-0.39, 0.29) is 4.84 Å². The second kappa shape index (κ2) is 3.80. The molecule has 0 spiro atoms. The summed E-state index contributed by atoms with van der Waals surface area (Å²) in [7, 11) is 0. The van der Waals surface area contributed by atoms with Gasteiger partial charge in [0.05, 0.1) is 6.10 Å². The van der Waals surface area contributed by atoms with E-state index in [4.69, 9.17) is 27.9 Å². The normalized spacial score (nSPS) is 33.6. The molecule has 1 nitrogen and oxygen atoms in total. The first-order valence-corrected chi connectivity index (χ1v) is 4.52. The molecule has 1 saturated heterocycles. The van der Waals surface area contributed by atoms with Crippen LogP contribution in [-0.4, -0.2) is 17.5 Å². The summed E-state index contributed by atoms with van der Waals surface area (Å²) in [6, 6.07) is 0. The van der Waals surface area contributed by atoms with E-state index >= 15 is 0 Å². The van der Waals surface area contributed by atoms with Crippen molar-refractivity contribution in [3.63, 3.8) is 0 Å². The number of hydrogen-bond donors (Lipinski definition) is 0. The zero-order valence-corrected chi connectivity index (χ0v) is 7.53. The highest BCUT2D eigenvalue weighted by atomic mass is 35.5. The maximum atomic E-state index is 5.74. The molecule has 1 heterocycles. The SMILES string of the molecule is CC[C@H]1OCC[C@H]1C(Cl)Cl. The zero-order chi connectivity index (χ0) is 7.56. The molecule has 2 atom stereocenters. The summed E-state index contributed by atoms with van der Waals surface area (Å²) in [6.07, 6.45) is 2.32. The summed E-state index contributed by atoms with van der Waals surface area (Å²) in [5, 5.41) is 0. The smallest absolute Gasteiger partial charge is 0.113 e. The Morgan fingerprint density at radius 2 is 2.30 bits per heavy atom. The van der Waals surface area contributed by atoms with Crippen molar-refractivity contribution in [1.29, 1.82) is 0 Å². The molecule has 0 aromatic carbocycles. The van der Waals surface area contributed by atoms with Crippen LogP contribution in [0.25, 0.3) is 0 Å². The van der Waals surface area contributed by atoms with Crippen molar-refractivity contribution < 1.29 is 4.74 Å². The van der Waals surface area contributed by atoms with Crippen LogP contribution in [0, 0.1) is 5.92 Å². The molecule has 1 aliphatic rings. The average molecular weight is 183 g/mol. The van der Waals surface area contributed by atoms with Gasteiger partial charge in [0.25, 0.3) is 0 Å². The minimum Gasteiger partial charge on any atom is -0.378 e. The fourth-order valence-corrected chi connectivity index (χ4v) is 1.95. The minimum atomic E-state index is -0.257. The van der Waals surface area contributed by atoms with Gasteiger partial charge >= 0.3 is 0 Å². The van der Waals surface area contributed by atoms with E-state index in [1.807, 2.05) is 0 Å². The largest absolute Gasteiger partial charge is 0.378 e. The molecule has 10 heavy (non-hydrogen) atoms. The highest BCUT2D eigenvalue weighted by molar-refractivity contribution is 6.44. The van der Waals surface area contributed by atoms with Crippen molar-refractivity contribution in [2.75, 3.05) is 6.61 Å². The monoisotopic (exact) mass is 182 g/mol. The Balaban J connectivity index is 2.42. The van der Waals surface area contributed by atoms with Gasteiger partial charge in [0.2, 0.25) is 0 Å². The highest BCUT2D eigenvalue weighted by Crippen LogP contribution is 2.31. The van der Waals surface area contributed by atoms with Crippen molar-refractivity contribution in [1.82, 2.24) is 0 Å². The van der Waals surface area contributed by atoms with Crippen molar-refractivity contribution in [2.45, 2.75) is 30.7 Å². The number of rotatable bonds is 2. The number of halogens is 2. The number of hydrogen-bond acceptors (Lipinski definition) is 1. The molecule has 1 rings (SSSR count). The zero-order valence-electron chi connectivity index (χ0n) is 6.02. The van der Waals surface area contributed by atoms with E-state index in [0.29, 0.717) is 12.0 Å². The lowest BCUT2D eigenvalue weighted by Crippen LogP contribution is -2.20. The second-order valence-corrected chi connectivity index (χ2v) is 3.77. The van der Waals surface area contributed by atoms with Gasteiger partial charge < -0.3 is 4.74 Å². The van der Waals surface area contributed by atoms with Crippen LogP contribution in [0.15, 0.2) is 0 Å². The van der Waals surface area contributed by atoms with Crippen LogP contribution in [0.5, 0.6) is 0 Å². The molecule has 0 aromatic rings. The Morgan fingerprint density at radius 3 is 2.70 bits per heavy atom. The van der Waals surface area contributed by atoms with Gasteiger partial charge in [-0.2, -0.15) is 0 Å². The molecule has 0 radical (unpaired) electrons. The van der Waals surface area contributed by atoms with Gasteiger partial charge in [-0.3, -0.25) is 0 Å². The third-order valence-corrected chi connectivity index (χ3v) is 2.63. The van der Waals surface area contributed by atoms with Crippen LogP contribution in [-0.2, 0) is 4.74 Å². The van der Waals surface area contributed by atoms with Gasteiger partial charge in [0, 0.05) is 12.5 Å². The van der Waals surface area contributed by atoms with E-state index < -0.39 is 0 Å². The van der Waals surface area contributed by atoms with Gasteiger partial charge in [0.15, 0.2) is 0 Å². The molecule has 0 aromatic heterocycles. The molecule has 3 heteroatoms. The summed E-state index contributed by atoms with van der Waals surface area (Å²) in [6.45, 7) is 2.91. The quantitative estimate of drug-likeness (QED) is 0.598. The van der Waals surface area contributed by atoms with Gasteiger partial charge in [0.1, 0.15) is 4.84 Å². The fraction of sp³-hybridized carbons (Fsp3) is 1.00. The predicted octanol–water partition coefficient (Wildman–Crippen LogP) is 2.61. The summed E-state index contributed by atoms with van der Waals surface area (Å²) in [4.78, 5) is -0.257. The molecule has 1 fully saturated rings. The third kappa shape index (κ3) is 1.77. The molecule has 0 unspecified atom stereocenters. The lowest BCUT2D eigenvalue weighted by atomic mass is 10.0. The van der Waals surface area contributed by atoms with E-state index in [0.717, 1.165) is 19.4 Å². The third-order valence-electron chi connectivity index (χ3n) is 1.99. The van der Waals surface area contributed by atoms with Crippen LogP contribution in [0.3, 0.4) is 0 Å². The van der Waals surface area contributed by atoms with Gasteiger partial charge in [-0.25, -0.2) is 0 Å². The maximum Gasteiger partial charge on any atom is 0.113 e. The standard InChI is InChI=1S/C7H12Cl2O/c1-2-6-5(7(8)9)3-4-10-6/h5-7H,2-4H2,1H3/t5-,6-/m1/s1. The molecule has 0 saturated carbocycles. The van der Waals surface area contributed by atoms with E-state index in [1.54, 1.807) is 0 Å². The fourth-order valence-electron chi connectivity index (χ4n) is 1.37. The minimum absolute atomic E-state index is 0.257. The first kappa shape index (κ1) is 8.63.